The van der Waals surface area contributed by atoms with Crippen LogP contribution in [0.5, 0.6) is 0 Å². The number of nitrogens with one attached hydrogen (secondary N) is 1. The van der Waals surface area contributed by atoms with E-state index in [4.69, 9.17) is 5.26 Å². The first-order chi connectivity index (χ1) is 8.11. The molecule has 0 spiro atoms. The fraction of sp³-hybridized carbons (Fsp3) is 0.500. The van der Waals surface area contributed by atoms with E-state index in [0.717, 1.165) is 22.6 Å². The lowest BCUT2D eigenvalue weighted by atomic mass is 10.1. The molecule has 0 aromatic heterocycles. The van der Waals surface area contributed by atoms with Gasteiger partial charge in [-0.05, 0) is 30.5 Å². The Bertz CT molecular complexity index is 394. The first-order valence-corrected chi connectivity index (χ1v) is 6.85. The summed E-state index contributed by atoms with van der Waals surface area (Å²) in [5.74, 6) is 0.783. The first kappa shape index (κ1) is 14.1. The van der Waals surface area contributed by atoms with Gasteiger partial charge in [-0.25, -0.2) is 0 Å². The Morgan fingerprint density at radius 1 is 1.29 bits per heavy atom. The number of hydrogen-bond acceptors (Lipinski definition) is 2. The molecule has 0 amide bonds. The molecule has 92 valence electrons. The van der Waals surface area contributed by atoms with Gasteiger partial charge in [0.25, 0.3) is 0 Å². The van der Waals surface area contributed by atoms with Crippen LogP contribution in [0.2, 0.25) is 0 Å². The number of nitrogens with zero attached hydrogens (tertiary/aromatic N) is 1. The standard InChI is InChI=1S/C14H19BrN2/c1-11(2)5-3-4-6-17-14-8-12(10-16)7-13(15)9-14/h7-9,11,17H,3-6H2,1-2H3. The van der Waals surface area contributed by atoms with Gasteiger partial charge in [-0.15, -0.1) is 0 Å². The summed E-state index contributed by atoms with van der Waals surface area (Å²) in [4.78, 5) is 0. The molecule has 0 aliphatic heterocycles. The molecule has 0 saturated carbocycles. The second kappa shape index (κ2) is 7.34. The average Bonchev–Trinajstić information content (AvgIpc) is 2.27. The molecule has 2 nitrogen and oxygen atoms in total. The fourth-order valence-electron chi connectivity index (χ4n) is 1.67. The van der Waals surface area contributed by atoms with Crippen LogP contribution in [-0.4, -0.2) is 6.54 Å². The molecule has 0 bridgehead atoms. The van der Waals surface area contributed by atoms with Crippen LogP contribution in [0.4, 0.5) is 5.69 Å². The second-order valence-electron chi connectivity index (χ2n) is 4.66. The minimum absolute atomic E-state index is 0.684. The minimum atomic E-state index is 0.684. The zero-order valence-corrected chi connectivity index (χ0v) is 12.0. The largest absolute Gasteiger partial charge is 0.385 e. The monoisotopic (exact) mass is 294 g/mol. The van der Waals surface area contributed by atoms with Crippen molar-refractivity contribution in [3.63, 3.8) is 0 Å². The molecular formula is C14H19BrN2. The maximum atomic E-state index is 8.86. The van der Waals surface area contributed by atoms with Gasteiger partial charge in [-0.1, -0.05) is 42.6 Å². The molecule has 0 radical (unpaired) electrons. The molecule has 0 atom stereocenters. The molecule has 17 heavy (non-hydrogen) atoms. The SMILES string of the molecule is CC(C)CCCCNc1cc(Br)cc(C#N)c1. The van der Waals surface area contributed by atoms with Gasteiger partial charge in [0, 0.05) is 16.7 Å². The maximum Gasteiger partial charge on any atom is 0.0992 e. The highest BCUT2D eigenvalue weighted by molar-refractivity contribution is 9.10. The van der Waals surface area contributed by atoms with Gasteiger partial charge in [0.15, 0.2) is 0 Å². The molecule has 0 heterocycles. The van der Waals surface area contributed by atoms with E-state index in [0.29, 0.717) is 5.56 Å². The number of hydrogen-bond donors (Lipinski definition) is 1. The van der Waals surface area contributed by atoms with Crippen molar-refractivity contribution in [1.82, 2.24) is 0 Å². The molecule has 3 heteroatoms. The molecule has 1 aromatic carbocycles. The summed E-state index contributed by atoms with van der Waals surface area (Å²) in [5.41, 5.74) is 1.70. The Labute approximate surface area is 112 Å². The fourth-order valence-corrected chi connectivity index (χ4v) is 2.16. The van der Waals surface area contributed by atoms with E-state index in [1.807, 2.05) is 18.2 Å². The highest BCUT2D eigenvalue weighted by Gasteiger charge is 1.99. The summed E-state index contributed by atoms with van der Waals surface area (Å²) in [5, 5.41) is 12.2. The Balaban J connectivity index is 2.37. The molecule has 1 aromatic rings. The summed E-state index contributed by atoms with van der Waals surface area (Å²) in [7, 11) is 0. The van der Waals surface area contributed by atoms with Gasteiger partial charge in [0.05, 0.1) is 11.6 Å². The molecule has 0 saturated heterocycles. The van der Waals surface area contributed by atoms with E-state index < -0.39 is 0 Å². The number of nitriles is 1. The quantitative estimate of drug-likeness (QED) is 0.781. The number of anilines is 1. The van der Waals surface area contributed by atoms with E-state index in [1.54, 1.807) is 0 Å². The number of halogens is 1. The van der Waals surface area contributed by atoms with Crippen molar-refractivity contribution in [2.24, 2.45) is 5.92 Å². The van der Waals surface area contributed by atoms with Crippen molar-refractivity contribution < 1.29 is 0 Å². The van der Waals surface area contributed by atoms with Crippen molar-refractivity contribution >= 4 is 21.6 Å². The zero-order valence-electron chi connectivity index (χ0n) is 10.5. The van der Waals surface area contributed by atoms with Crippen molar-refractivity contribution in [3.8, 4) is 6.07 Å². The van der Waals surface area contributed by atoms with Crippen molar-refractivity contribution in [3.05, 3.63) is 28.2 Å². The van der Waals surface area contributed by atoms with Crippen LogP contribution in [0, 0.1) is 17.2 Å². The van der Waals surface area contributed by atoms with E-state index in [9.17, 15) is 0 Å². The van der Waals surface area contributed by atoms with Crippen molar-refractivity contribution in [2.75, 3.05) is 11.9 Å². The summed E-state index contributed by atoms with van der Waals surface area (Å²) in [6.45, 7) is 5.47. The summed E-state index contributed by atoms with van der Waals surface area (Å²) < 4.78 is 0.946. The predicted octanol–water partition coefficient (Wildman–Crippen LogP) is 4.56. The van der Waals surface area contributed by atoms with Crippen LogP contribution in [0.1, 0.15) is 38.7 Å². The van der Waals surface area contributed by atoms with Gasteiger partial charge in [0.2, 0.25) is 0 Å². The molecular weight excluding hydrogens is 276 g/mol. The molecule has 1 rings (SSSR count). The highest BCUT2D eigenvalue weighted by atomic mass is 79.9. The minimum Gasteiger partial charge on any atom is -0.385 e. The van der Waals surface area contributed by atoms with Crippen LogP contribution in [0.25, 0.3) is 0 Å². The van der Waals surface area contributed by atoms with Gasteiger partial charge in [-0.2, -0.15) is 5.26 Å². The van der Waals surface area contributed by atoms with Crippen molar-refractivity contribution in [2.45, 2.75) is 33.1 Å². The number of unbranched alkanes of at least 4 members (excludes halogenated alkanes) is 1. The maximum absolute atomic E-state index is 8.86. The van der Waals surface area contributed by atoms with E-state index in [-0.39, 0.29) is 0 Å². The van der Waals surface area contributed by atoms with Crippen LogP contribution in [0.15, 0.2) is 22.7 Å². The lowest BCUT2D eigenvalue weighted by Gasteiger charge is -2.08. The number of benzene rings is 1. The second-order valence-corrected chi connectivity index (χ2v) is 5.57. The van der Waals surface area contributed by atoms with Crippen LogP contribution in [-0.2, 0) is 0 Å². The van der Waals surface area contributed by atoms with Gasteiger partial charge < -0.3 is 5.32 Å². The third-order valence-electron chi connectivity index (χ3n) is 2.56. The molecule has 0 aliphatic rings. The van der Waals surface area contributed by atoms with Gasteiger partial charge >= 0.3 is 0 Å². The van der Waals surface area contributed by atoms with E-state index in [1.165, 1.54) is 19.3 Å². The van der Waals surface area contributed by atoms with Crippen molar-refractivity contribution in [1.29, 1.82) is 5.26 Å². The third kappa shape index (κ3) is 5.74. The van der Waals surface area contributed by atoms with Crippen LogP contribution >= 0.6 is 15.9 Å². The smallest absolute Gasteiger partial charge is 0.0992 e. The molecule has 0 fully saturated rings. The summed E-state index contributed by atoms with van der Waals surface area (Å²) >= 11 is 3.40. The predicted molar refractivity (Wildman–Crippen MR) is 76.0 cm³/mol. The lowest BCUT2D eigenvalue weighted by Crippen LogP contribution is -2.02. The molecule has 1 N–H and O–H groups in total. The first-order valence-electron chi connectivity index (χ1n) is 6.06. The average molecular weight is 295 g/mol. The number of rotatable bonds is 6. The highest BCUT2D eigenvalue weighted by Crippen LogP contribution is 2.19. The summed E-state index contributed by atoms with van der Waals surface area (Å²) in [6, 6.07) is 7.86. The van der Waals surface area contributed by atoms with E-state index in [2.05, 4.69) is 41.2 Å². The lowest BCUT2D eigenvalue weighted by molar-refractivity contribution is 0.545. The zero-order chi connectivity index (χ0) is 12.7. The topological polar surface area (TPSA) is 35.8 Å². The third-order valence-corrected chi connectivity index (χ3v) is 3.02. The van der Waals surface area contributed by atoms with Gasteiger partial charge in [0.1, 0.15) is 0 Å². The normalized spacial score (nSPS) is 10.3. The van der Waals surface area contributed by atoms with Crippen LogP contribution < -0.4 is 5.32 Å². The Hall–Kier alpha value is -1.01. The summed E-state index contributed by atoms with van der Waals surface area (Å²) in [6.07, 6.45) is 3.71. The Morgan fingerprint density at radius 2 is 2.06 bits per heavy atom. The van der Waals surface area contributed by atoms with Gasteiger partial charge in [-0.3, -0.25) is 0 Å². The van der Waals surface area contributed by atoms with E-state index >= 15 is 0 Å². The Morgan fingerprint density at radius 3 is 2.71 bits per heavy atom. The molecule has 0 aliphatic carbocycles. The Kier molecular flexibility index (Phi) is 6.07. The molecule has 0 unspecified atom stereocenters. The van der Waals surface area contributed by atoms with Crippen LogP contribution in [0.3, 0.4) is 0 Å².